The predicted molar refractivity (Wildman–Crippen MR) is 56.0 cm³/mol. The molecule has 5 heteroatoms. The van der Waals surface area contributed by atoms with Crippen LogP contribution in [0.2, 0.25) is 0 Å². The van der Waals surface area contributed by atoms with Crippen molar-refractivity contribution in [1.29, 1.82) is 0 Å². The zero-order valence-corrected chi connectivity index (χ0v) is 8.56. The molecule has 0 unspecified atom stereocenters. The van der Waals surface area contributed by atoms with Crippen molar-refractivity contribution in [3.63, 3.8) is 0 Å². The highest BCUT2D eigenvalue weighted by molar-refractivity contribution is 5.91. The van der Waals surface area contributed by atoms with Gasteiger partial charge in [0.25, 0.3) is 0 Å². The van der Waals surface area contributed by atoms with Gasteiger partial charge in [0.05, 0.1) is 18.5 Å². The Morgan fingerprint density at radius 1 is 1.67 bits per heavy atom. The standard InChI is InChI=1S/C10H14N2O3/c1-2-3-4-15-9-8(10(13)14)5-7(11)6-12-9/h5-6H,2-4,11H2,1H3,(H,13,14). The summed E-state index contributed by atoms with van der Waals surface area (Å²) in [5.41, 5.74) is 5.76. The minimum absolute atomic E-state index is 0.00565. The van der Waals surface area contributed by atoms with E-state index in [-0.39, 0.29) is 11.4 Å². The van der Waals surface area contributed by atoms with Gasteiger partial charge in [0.2, 0.25) is 5.88 Å². The van der Waals surface area contributed by atoms with Gasteiger partial charge < -0.3 is 15.6 Å². The van der Waals surface area contributed by atoms with Crippen LogP contribution in [0.15, 0.2) is 12.3 Å². The van der Waals surface area contributed by atoms with Crippen LogP contribution in [-0.4, -0.2) is 22.7 Å². The number of carbonyl (C=O) groups is 1. The number of hydrogen-bond acceptors (Lipinski definition) is 4. The first-order valence-electron chi connectivity index (χ1n) is 4.76. The minimum Gasteiger partial charge on any atom is -0.477 e. The molecule has 82 valence electrons. The quantitative estimate of drug-likeness (QED) is 0.720. The number of nitrogen functional groups attached to an aromatic ring is 1. The van der Waals surface area contributed by atoms with Crippen molar-refractivity contribution in [2.75, 3.05) is 12.3 Å². The Morgan fingerprint density at radius 2 is 2.40 bits per heavy atom. The molecule has 0 saturated heterocycles. The maximum atomic E-state index is 10.8. The third kappa shape index (κ3) is 3.12. The van der Waals surface area contributed by atoms with Crippen LogP contribution in [0.5, 0.6) is 5.88 Å². The Labute approximate surface area is 87.9 Å². The third-order valence-electron chi connectivity index (χ3n) is 1.84. The van der Waals surface area contributed by atoms with E-state index in [0.29, 0.717) is 12.3 Å². The van der Waals surface area contributed by atoms with Gasteiger partial charge in [-0.3, -0.25) is 0 Å². The Kier molecular flexibility index (Phi) is 3.91. The molecule has 0 fully saturated rings. The first-order valence-corrected chi connectivity index (χ1v) is 4.76. The van der Waals surface area contributed by atoms with Gasteiger partial charge in [-0.15, -0.1) is 0 Å². The lowest BCUT2D eigenvalue weighted by atomic mass is 10.2. The SMILES string of the molecule is CCCCOc1ncc(N)cc1C(=O)O. The highest BCUT2D eigenvalue weighted by Crippen LogP contribution is 2.18. The van der Waals surface area contributed by atoms with Crippen molar-refractivity contribution in [3.8, 4) is 5.88 Å². The van der Waals surface area contributed by atoms with Gasteiger partial charge in [-0.25, -0.2) is 9.78 Å². The predicted octanol–water partition coefficient (Wildman–Crippen LogP) is 1.54. The number of ether oxygens (including phenoxy) is 1. The molecule has 0 amide bonds. The molecule has 1 heterocycles. The molecule has 0 bridgehead atoms. The van der Waals surface area contributed by atoms with E-state index in [4.69, 9.17) is 15.6 Å². The molecule has 0 radical (unpaired) electrons. The van der Waals surface area contributed by atoms with Crippen LogP contribution < -0.4 is 10.5 Å². The van der Waals surface area contributed by atoms with Crippen LogP contribution in [0.25, 0.3) is 0 Å². The van der Waals surface area contributed by atoms with E-state index in [1.54, 1.807) is 0 Å². The molecule has 0 aromatic carbocycles. The Morgan fingerprint density at radius 3 is 3.00 bits per heavy atom. The number of aromatic carboxylic acids is 1. The summed E-state index contributed by atoms with van der Waals surface area (Å²) in [5.74, 6) is -0.952. The van der Waals surface area contributed by atoms with Crippen molar-refractivity contribution in [2.24, 2.45) is 0 Å². The fourth-order valence-electron chi connectivity index (χ4n) is 1.05. The Balaban J connectivity index is 2.81. The number of rotatable bonds is 5. The molecule has 1 rings (SSSR count). The number of anilines is 1. The molecule has 1 aromatic heterocycles. The second-order valence-corrected chi connectivity index (χ2v) is 3.13. The van der Waals surface area contributed by atoms with E-state index in [1.165, 1.54) is 12.3 Å². The van der Waals surface area contributed by atoms with Crippen LogP contribution in [0.4, 0.5) is 5.69 Å². The van der Waals surface area contributed by atoms with Crippen molar-refractivity contribution >= 4 is 11.7 Å². The molecule has 0 spiro atoms. The Hall–Kier alpha value is -1.78. The summed E-state index contributed by atoms with van der Waals surface area (Å²) in [6.07, 6.45) is 3.23. The van der Waals surface area contributed by atoms with Crippen LogP contribution >= 0.6 is 0 Å². The number of carboxylic acids is 1. The average molecular weight is 210 g/mol. The second kappa shape index (κ2) is 5.19. The van der Waals surface area contributed by atoms with Gasteiger partial charge in [0, 0.05) is 0 Å². The third-order valence-corrected chi connectivity index (χ3v) is 1.84. The lowest BCUT2D eigenvalue weighted by Gasteiger charge is -2.07. The maximum absolute atomic E-state index is 10.8. The monoisotopic (exact) mass is 210 g/mol. The molecule has 0 atom stereocenters. The van der Waals surface area contributed by atoms with Crippen LogP contribution in [0.1, 0.15) is 30.1 Å². The van der Waals surface area contributed by atoms with Gasteiger partial charge >= 0.3 is 5.97 Å². The van der Waals surface area contributed by atoms with Crippen molar-refractivity contribution < 1.29 is 14.6 Å². The summed E-state index contributed by atoms with van der Waals surface area (Å²) in [4.78, 5) is 14.7. The van der Waals surface area contributed by atoms with E-state index in [9.17, 15) is 4.79 Å². The first kappa shape index (κ1) is 11.3. The maximum Gasteiger partial charge on any atom is 0.341 e. The van der Waals surface area contributed by atoms with Crippen LogP contribution in [0.3, 0.4) is 0 Å². The van der Waals surface area contributed by atoms with Crippen molar-refractivity contribution in [3.05, 3.63) is 17.8 Å². The zero-order valence-electron chi connectivity index (χ0n) is 8.56. The molecule has 3 N–H and O–H groups in total. The number of nitrogens with zero attached hydrogens (tertiary/aromatic N) is 1. The summed E-state index contributed by atoms with van der Waals surface area (Å²) in [5, 5.41) is 8.87. The van der Waals surface area contributed by atoms with E-state index in [2.05, 4.69) is 4.98 Å². The van der Waals surface area contributed by atoms with Crippen LogP contribution in [-0.2, 0) is 0 Å². The minimum atomic E-state index is -1.08. The number of aromatic nitrogens is 1. The molecular formula is C10H14N2O3. The molecule has 0 saturated carbocycles. The summed E-state index contributed by atoms with van der Waals surface area (Å²) in [6.45, 7) is 2.49. The highest BCUT2D eigenvalue weighted by atomic mass is 16.5. The number of hydrogen-bond donors (Lipinski definition) is 2. The van der Waals surface area contributed by atoms with Crippen LogP contribution in [0, 0.1) is 0 Å². The molecule has 15 heavy (non-hydrogen) atoms. The molecule has 0 aliphatic heterocycles. The molecular weight excluding hydrogens is 196 g/mol. The number of nitrogens with two attached hydrogens (primary N) is 1. The Bertz CT molecular complexity index is 353. The van der Waals surface area contributed by atoms with E-state index >= 15 is 0 Å². The second-order valence-electron chi connectivity index (χ2n) is 3.13. The summed E-state index contributed by atoms with van der Waals surface area (Å²) in [6, 6.07) is 1.34. The smallest absolute Gasteiger partial charge is 0.341 e. The zero-order chi connectivity index (χ0) is 11.3. The van der Waals surface area contributed by atoms with E-state index in [1.807, 2.05) is 6.92 Å². The van der Waals surface area contributed by atoms with Crippen molar-refractivity contribution in [1.82, 2.24) is 4.98 Å². The number of unbranched alkanes of at least 4 members (excludes halogenated alkanes) is 1. The lowest BCUT2D eigenvalue weighted by molar-refractivity contribution is 0.0691. The van der Waals surface area contributed by atoms with Crippen molar-refractivity contribution in [2.45, 2.75) is 19.8 Å². The number of carboxylic acid groups (broad SMARTS) is 1. The van der Waals surface area contributed by atoms with E-state index < -0.39 is 5.97 Å². The topological polar surface area (TPSA) is 85.4 Å². The highest BCUT2D eigenvalue weighted by Gasteiger charge is 2.12. The average Bonchev–Trinajstić information content (AvgIpc) is 2.20. The molecule has 1 aromatic rings. The summed E-state index contributed by atoms with van der Waals surface area (Å²) in [7, 11) is 0. The molecule has 5 nitrogen and oxygen atoms in total. The van der Waals surface area contributed by atoms with E-state index in [0.717, 1.165) is 12.8 Å². The molecule has 0 aliphatic rings. The molecule has 0 aliphatic carbocycles. The normalized spacial score (nSPS) is 9.93. The lowest BCUT2D eigenvalue weighted by Crippen LogP contribution is -2.07. The van der Waals surface area contributed by atoms with Gasteiger partial charge in [0.15, 0.2) is 0 Å². The summed E-state index contributed by atoms with van der Waals surface area (Å²) >= 11 is 0. The largest absolute Gasteiger partial charge is 0.477 e. The van der Waals surface area contributed by atoms with Gasteiger partial charge in [-0.2, -0.15) is 0 Å². The first-order chi connectivity index (χ1) is 7.15. The van der Waals surface area contributed by atoms with Gasteiger partial charge in [-0.1, -0.05) is 13.3 Å². The van der Waals surface area contributed by atoms with Gasteiger partial charge in [-0.05, 0) is 12.5 Å². The fourth-order valence-corrected chi connectivity index (χ4v) is 1.05. The number of pyridine rings is 1. The fraction of sp³-hybridized carbons (Fsp3) is 0.400. The summed E-state index contributed by atoms with van der Waals surface area (Å²) < 4.78 is 5.25. The van der Waals surface area contributed by atoms with Gasteiger partial charge in [0.1, 0.15) is 5.56 Å².